The number of hydrogen-bond donors (Lipinski definition) is 1. The molecule has 1 aliphatic carbocycles. The minimum atomic E-state index is 0.0919. The largest absolute Gasteiger partial charge is 0.374 e. The highest BCUT2D eigenvalue weighted by Crippen LogP contribution is 2.35. The first-order valence-corrected chi connectivity index (χ1v) is 8.11. The molecule has 0 heterocycles. The van der Waals surface area contributed by atoms with E-state index in [0.29, 0.717) is 0 Å². The fourth-order valence-electron chi connectivity index (χ4n) is 2.60. The van der Waals surface area contributed by atoms with Crippen LogP contribution >= 0.6 is 0 Å². The van der Waals surface area contributed by atoms with Gasteiger partial charge in [0.05, 0.1) is 5.60 Å². The molecule has 2 heteroatoms. The molecule has 1 rings (SSSR count). The molecule has 0 saturated heterocycles. The van der Waals surface area contributed by atoms with Crippen molar-refractivity contribution in [1.29, 1.82) is 0 Å². The molecule has 0 radical (unpaired) electrons. The van der Waals surface area contributed by atoms with Gasteiger partial charge in [0.15, 0.2) is 0 Å². The van der Waals surface area contributed by atoms with Gasteiger partial charge in [-0.1, -0.05) is 20.8 Å². The van der Waals surface area contributed by atoms with Crippen molar-refractivity contribution in [3.63, 3.8) is 0 Å². The molecule has 2 nitrogen and oxygen atoms in total. The summed E-state index contributed by atoms with van der Waals surface area (Å²) in [5, 5.41) is 3.66. The third kappa shape index (κ3) is 6.76. The standard InChI is InChI=1S/C17H35NO/c1-14(2)9-12-19-17(13-18-16(4,5)6)10-7-15(3)8-11-17/h14-15,18H,7-13H2,1-6H3. The molecular weight excluding hydrogens is 234 g/mol. The van der Waals surface area contributed by atoms with E-state index in [2.05, 4.69) is 46.9 Å². The highest BCUT2D eigenvalue weighted by Gasteiger charge is 2.35. The molecule has 0 atom stereocenters. The van der Waals surface area contributed by atoms with E-state index in [-0.39, 0.29) is 11.1 Å². The maximum absolute atomic E-state index is 6.36. The summed E-state index contributed by atoms with van der Waals surface area (Å²) in [5.41, 5.74) is 0.270. The molecule has 1 N–H and O–H groups in total. The number of nitrogens with one attached hydrogen (secondary N) is 1. The lowest BCUT2D eigenvalue weighted by Gasteiger charge is -2.41. The van der Waals surface area contributed by atoms with Crippen molar-refractivity contribution >= 4 is 0 Å². The lowest BCUT2D eigenvalue weighted by atomic mass is 9.79. The maximum Gasteiger partial charge on any atom is 0.0806 e. The Morgan fingerprint density at radius 3 is 2.26 bits per heavy atom. The van der Waals surface area contributed by atoms with Gasteiger partial charge in [-0.3, -0.25) is 0 Å². The van der Waals surface area contributed by atoms with Gasteiger partial charge in [0, 0.05) is 18.7 Å². The van der Waals surface area contributed by atoms with Crippen molar-refractivity contribution in [2.24, 2.45) is 11.8 Å². The number of hydrogen-bond acceptors (Lipinski definition) is 2. The van der Waals surface area contributed by atoms with Crippen LogP contribution in [0.2, 0.25) is 0 Å². The minimum absolute atomic E-state index is 0.0919. The molecule has 114 valence electrons. The van der Waals surface area contributed by atoms with E-state index in [1.807, 2.05) is 0 Å². The Kier molecular flexibility index (Phi) is 6.32. The van der Waals surface area contributed by atoms with Crippen molar-refractivity contribution in [1.82, 2.24) is 5.32 Å². The molecular formula is C17H35NO. The summed E-state index contributed by atoms with van der Waals surface area (Å²) >= 11 is 0. The molecule has 0 aliphatic heterocycles. The Morgan fingerprint density at radius 2 is 1.79 bits per heavy atom. The van der Waals surface area contributed by atoms with Gasteiger partial charge < -0.3 is 10.1 Å². The van der Waals surface area contributed by atoms with Crippen LogP contribution in [-0.2, 0) is 4.74 Å². The van der Waals surface area contributed by atoms with Crippen LogP contribution in [-0.4, -0.2) is 24.3 Å². The van der Waals surface area contributed by atoms with E-state index in [1.54, 1.807) is 0 Å². The molecule has 1 fully saturated rings. The summed E-state index contributed by atoms with van der Waals surface area (Å²) in [4.78, 5) is 0. The average molecular weight is 269 g/mol. The molecule has 1 saturated carbocycles. The summed E-state index contributed by atoms with van der Waals surface area (Å²) in [6.45, 7) is 15.5. The second-order valence-corrected chi connectivity index (χ2v) is 8.00. The topological polar surface area (TPSA) is 21.3 Å². The van der Waals surface area contributed by atoms with E-state index >= 15 is 0 Å². The molecule has 0 aromatic heterocycles. The second-order valence-electron chi connectivity index (χ2n) is 8.00. The van der Waals surface area contributed by atoms with E-state index in [1.165, 1.54) is 32.1 Å². The molecule has 0 aromatic rings. The van der Waals surface area contributed by atoms with Gasteiger partial charge in [-0.05, 0) is 64.7 Å². The third-order valence-corrected chi connectivity index (χ3v) is 4.23. The van der Waals surface area contributed by atoms with Crippen molar-refractivity contribution in [2.75, 3.05) is 13.2 Å². The van der Waals surface area contributed by atoms with Gasteiger partial charge in [0.2, 0.25) is 0 Å². The zero-order valence-electron chi connectivity index (χ0n) is 14.0. The van der Waals surface area contributed by atoms with Crippen LogP contribution in [0.3, 0.4) is 0 Å². The van der Waals surface area contributed by atoms with Gasteiger partial charge in [0.1, 0.15) is 0 Å². The van der Waals surface area contributed by atoms with Crippen molar-refractivity contribution in [2.45, 2.75) is 84.8 Å². The van der Waals surface area contributed by atoms with Gasteiger partial charge in [-0.2, -0.15) is 0 Å². The minimum Gasteiger partial charge on any atom is -0.374 e. The summed E-state index contributed by atoms with van der Waals surface area (Å²) in [7, 11) is 0. The van der Waals surface area contributed by atoms with E-state index < -0.39 is 0 Å². The van der Waals surface area contributed by atoms with E-state index in [9.17, 15) is 0 Å². The van der Waals surface area contributed by atoms with Gasteiger partial charge in [-0.15, -0.1) is 0 Å². The Labute approximate surface area is 120 Å². The first-order valence-electron chi connectivity index (χ1n) is 8.11. The Balaban J connectivity index is 2.52. The zero-order valence-corrected chi connectivity index (χ0v) is 14.0. The summed E-state index contributed by atoms with van der Waals surface area (Å²) < 4.78 is 6.36. The van der Waals surface area contributed by atoms with Crippen LogP contribution in [0.4, 0.5) is 0 Å². The Hall–Kier alpha value is -0.0800. The molecule has 0 spiro atoms. The van der Waals surface area contributed by atoms with E-state index in [4.69, 9.17) is 4.74 Å². The van der Waals surface area contributed by atoms with Crippen LogP contribution in [0.15, 0.2) is 0 Å². The maximum atomic E-state index is 6.36. The lowest BCUT2D eigenvalue weighted by molar-refractivity contribution is -0.0808. The summed E-state index contributed by atoms with van der Waals surface area (Å²) in [5.74, 6) is 1.60. The van der Waals surface area contributed by atoms with Crippen LogP contribution in [0.1, 0.15) is 73.6 Å². The fraction of sp³-hybridized carbons (Fsp3) is 1.00. The average Bonchev–Trinajstić information content (AvgIpc) is 2.29. The highest BCUT2D eigenvalue weighted by molar-refractivity contribution is 4.90. The summed E-state index contributed by atoms with van der Waals surface area (Å²) in [6, 6.07) is 0. The SMILES string of the molecule is CC(C)CCOC1(CNC(C)(C)C)CCC(C)CC1. The normalized spacial score (nSPS) is 28.9. The van der Waals surface area contributed by atoms with Gasteiger partial charge in [-0.25, -0.2) is 0 Å². The first kappa shape index (κ1) is 17.0. The molecule has 1 aliphatic rings. The number of ether oxygens (including phenoxy) is 1. The monoisotopic (exact) mass is 269 g/mol. The molecule has 0 bridgehead atoms. The van der Waals surface area contributed by atoms with Crippen molar-refractivity contribution < 1.29 is 4.74 Å². The quantitative estimate of drug-likeness (QED) is 0.772. The fourth-order valence-corrected chi connectivity index (χ4v) is 2.60. The first-order chi connectivity index (χ1) is 8.72. The zero-order chi connectivity index (χ0) is 14.5. The van der Waals surface area contributed by atoms with Crippen LogP contribution in [0, 0.1) is 11.8 Å². The highest BCUT2D eigenvalue weighted by atomic mass is 16.5. The van der Waals surface area contributed by atoms with Crippen molar-refractivity contribution in [3.8, 4) is 0 Å². The lowest BCUT2D eigenvalue weighted by Crippen LogP contribution is -2.51. The third-order valence-electron chi connectivity index (χ3n) is 4.23. The second kappa shape index (κ2) is 7.08. The van der Waals surface area contributed by atoms with E-state index in [0.717, 1.165) is 25.0 Å². The van der Waals surface area contributed by atoms with Crippen LogP contribution in [0.25, 0.3) is 0 Å². The predicted octanol–water partition coefficient (Wildman–Crippen LogP) is 4.39. The molecule has 0 aromatic carbocycles. The van der Waals surface area contributed by atoms with Crippen molar-refractivity contribution in [3.05, 3.63) is 0 Å². The molecule has 19 heavy (non-hydrogen) atoms. The van der Waals surface area contributed by atoms with Crippen LogP contribution < -0.4 is 5.32 Å². The molecule has 0 amide bonds. The molecule has 0 unspecified atom stereocenters. The number of rotatable bonds is 6. The Morgan fingerprint density at radius 1 is 1.21 bits per heavy atom. The smallest absolute Gasteiger partial charge is 0.0806 e. The Bertz CT molecular complexity index is 246. The summed E-state index contributed by atoms with van der Waals surface area (Å²) in [6.07, 6.45) is 6.23. The van der Waals surface area contributed by atoms with Crippen LogP contribution in [0.5, 0.6) is 0 Å². The van der Waals surface area contributed by atoms with Gasteiger partial charge >= 0.3 is 0 Å². The van der Waals surface area contributed by atoms with Gasteiger partial charge in [0.25, 0.3) is 0 Å². The predicted molar refractivity (Wildman–Crippen MR) is 83.5 cm³/mol.